The fourth-order valence-electron chi connectivity index (χ4n) is 4.07. The lowest BCUT2D eigenvalue weighted by Gasteiger charge is -2.47. The Hall–Kier alpha value is -2.01. The molecule has 166 valence electrons. The predicted molar refractivity (Wildman–Crippen MR) is 95.5 cm³/mol. The minimum absolute atomic E-state index is 0.0779. The molecule has 0 amide bonds. The average molecular weight is 429 g/mol. The number of nitrogen functional groups attached to an aromatic ring is 1. The molecule has 0 aliphatic carbocycles. The molecular weight excluding hydrogens is 406 g/mol. The summed E-state index contributed by atoms with van der Waals surface area (Å²) in [5, 5.41) is 72.0. The molecule has 2 aliphatic heterocycles. The van der Waals surface area contributed by atoms with Crippen molar-refractivity contribution < 1.29 is 45.2 Å². The van der Waals surface area contributed by atoms with Crippen molar-refractivity contribution in [2.24, 2.45) is 0 Å². The number of ether oxygens (including phenoxy) is 2. The van der Waals surface area contributed by atoms with Crippen LogP contribution < -0.4 is 5.73 Å². The van der Waals surface area contributed by atoms with Crippen molar-refractivity contribution in [3.05, 3.63) is 12.7 Å². The van der Waals surface area contributed by atoms with E-state index >= 15 is 0 Å². The number of rotatable bonds is 4. The summed E-state index contributed by atoms with van der Waals surface area (Å²) >= 11 is 0. The number of anilines is 1. The maximum absolute atomic E-state index is 11.3. The molecule has 0 bridgehead atoms. The highest BCUT2D eigenvalue weighted by Crippen LogP contribution is 2.44. The number of aliphatic hydroxyl groups excluding tert-OH is 6. The molecule has 14 heteroatoms. The minimum atomic E-state index is -2.44. The van der Waals surface area contributed by atoms with Gasteiger partial charge in [-0.1, -0.05) is 0 Å². The number of hydrogen-bond donors (Lipinski definition) is 8. The molecule has 0 spiro atoms. The van der Waals surface area contributed by atoms with Crippen LogP contribution in [0.1, 0.15) is 6.23 Å². The lowest BCUT2D eigenvalue weighted by molar-refractivity contribution is -0.288. The topological polar surface area (TPSA) is 230 Å². The first-order chi connectivity index (χ1) is 14.2. The first-order valence-corrected chi connectivity index (χ1v) is 9.15. The van der Waals surface area contributed by atoms with Gasteiger partial charge in [0.15, 0.2) is 23.3 Å². The average Bonchev–Trinajstić information content (AvgIpc) is 3.27. The fourth-order valence-corrected chi connectivity index (χ4v) is 4.07. The fraction of sp³-hybridized carbons (Fsp3) is 0.688. The van der Waals surface area contributed by atoms with Crippen LogP contribution in [0.15, 0.2) is 12.7 Å². The van der Waals surface area contributed by atoms with Crippen LogP contribution in [0.5, 0.6) is 0 Å². The zero-order valence-electron chi connectivity index (χ0n) is 15.5. The molecule has 30 heavy (non-hydrogen) atoms. The van der Waals surface area contributed by atoms with Crippen LogP contribution in [0.3, 0.4) is 0 Å². The molecule has 0 saturated carbocycles. The Morgan fingerprint density at radius 2 is 1.73 bits per heavy atom. The highest BCUT2D eigenvalue weighted by Gasteiger charge is 2.65. The summed E-state index contributed by atoms with van der Waals surface area (Å²) in [7, 11) is 0. The Bertz CT molecular complexity index is 912. The van der Waals surface area contributed by atoms with E-state index < -0.39 is 67.8 Å². The molecule has 4 heterocycles. The first kappa shape index (κ1) is 21.2. The normalized spacial score (nSPS) is 42.1. The summed E-state index contributed by atoms with van der Waals surface area (Å²) in [5.74, 6) is 0.0779. The van der Waals surface area contributed by atoms with Gasteiger partial charge in [-0.25, -0.2) is 15.0 Å². The highest BCUT2D eigenvalue weighted by molar-refractivity contribution is 5.81. The molecule has 0 unspecified atom stereocenters. The highest BCUT2D eigenvalue weighted by atomic mass is 16.6. The van der Waals surface area contributed by atoms with Gasteiger partial charge in [-0.05, 0) is 0 Å². The van der Waals surface area contributed by atoms with Crippen molar-refractivity contribution >= 4 is 17.0 Å². The first-order valence-electron chi connectivity index (χ1n) is 9.15. The van der Waals surface area contributed by atoms with Crippen LogP contribution in [0.2, 0.25) is 0 Å². The molecule has 2 fully saturated rings. The lowest BCUT2D eigenvalue weighted by Crippen LogP contribution is -2.70. The van der Waals surface area contributed by atoms with Gasteiger partial charge < -0.3 is 51.0 Å². The van der Waals surface area contributed by atoms with Crippen molar-refractivity contribution in [3.63, 3.8) is 0 Å². The molecule has 2 aromatic rings. The summed E-state index contributed by atoms with van der Waals surface area (Å²) in [6.07, 6.45) is -10.6. The summed E-state index contributed by atoms with van der Waals surface area (Å²) < 4.78 is 12.3. The van der Waals surface area contributed by atoms with Crippen LogP contribution in [0, 0.1) is 0 Å². The van der Waals surface area contributed by atoms with Crippen molar-refractivity contribution in [3.8, 4) is 0 Å². The van der Waals surface area contributed by atoms with E-state index in [-0.39, 0.29) is 17.0 Å². The summed E-state index contributed by atoms with van der Waals surface area (Å²) in [6, 6.07) is 0. The number of fused-ring (bicyclic) bond motifs is 1. The molecular formula is C16H23N5O9. The van der Waals surface area contributed by atoms with E-state index in [1.807, 2.05) is 0 Å². The van der Waals surface area contributed by atoms with E-state index in [1.165, 1.54) is 17.2 Å². The second-order valence-corrected chi connectivity index (χ2v) is 7.36. The Morgan fingerprint density at radius 1 is 1.00 bits per heavy atom. The van der Waals surface area contributed by atoms with E-state index in [0.717, 1.165) is 0 Å². The van der Waals surface area contributed by atoms with Gasteiger partial charge in [-0.15, -0.1) is 0 Å². The SMILES string of the molecule is Nc1ncnc2c1ncn2[C@@H]1O[C@H](CO)[C@](O)([C@H]2O[C@H](CO)[C@@H](O)[C@H](O)[C@H]2O)[C@H]1O. The van der Waals surface area contributed by atoms with E-state index in [4.69, 9.17) is 15.2 Å². The van der Waals surface area contributed by atoms with Crippen LogP contribution in [0.25, 0.3) is 11.2 Å². The largest absolute Gasteiger partial charge is 0.394 e. The smallest absolute Gasteiger partial charge is 0.167 e. The second kappa shape index (κ2) is 7.60. The number of aromatic nitrogens is 4. The third-order valence-corrected chi connectivity index (χ3v) is 5.74. The molecule has 2 saturated heterocycles. The molecule has 14 nitrogen and oxygen atoms in total. The van der Waals surface area contributed by atoms with Crippen LogP contribution >= 0.6 is 0 Å². The Balaban J connectivity index is 1.73. The Labute approximate surface area is 168 Å². The van der Waals surface area contributed by atoms with Gasteiger partial charge in [-0.2, -0.15) is 0 Å². The number of nitrogens with two attached hydrogens (primary N) is 1. The van der Waals surface area contributed by atoms with Crippen molar-refractivity contribution in [1.82, 2.24) is 19.5 Å². The number of imidazole rings is 1. The summed E-state index contributed by atoms with van der Waals surface area (Å²) in [4.78, 5) is 11.9. The molecule has 2 aliphatic rings. The molecule has 9 atom stereocenters. The van der Waals surface area contributed by atoms with Gasteiger partial charge in [0.25, 0.3) is 0 Å². The number of nitrogens with zero attached hydrogens (tertiary/aromatic N) is 4. The van der Waals surface area contributed by atoms with Gasteiger partial charge in [-0.3, -0.25) is 4.57 Å². The van der Waals surface area contributed by atoms with E-state index in [1.54, 1.807) is 0 Å². The van der Waals surface area contributed by atoms with Gasteiger partial charge in [0.2, 0.25) is 0 Å². The quantitative estimate of drug-likeness (QED) is 0.228. The van der Waals surface area contributed by atoms with Crippen molar-refractivity contribution in [2.45, 2.75) is 54.6 Å². The number of aliphatic hydroxyl groups is 7. The van der Waals surface area contributed by atoms with Crippen LogP contribution in [-0.2, 0) is 9.47 Å². The summed E-state index contributed by atoms with van der Waals surface area (Å²) in [5.41, 5.74) is 3.72. The molecule has 0 radical (unpaired) electrons. The lowest BCUT2D eigenvalue weighted by atomic mass is 9.79. The zero-order chi connectivity index (χ0) is 21.8. The van der Waals surface area contributed by atoms with Crippen LogP contribution in [0.4, 0.5) is 5.82 Å². The van der Waals surface area contributed by atoms with Gasteiger partial charge in [0.1, 0.15) is 54.6 Å². The van der Waals surface area contributed by atoms with E-state index in [2.05, 4.69) is 15.0 Å². The third kappa shape index (κ3) is 2.89. The standard InChI is InChI=1S/C16H23N5O9/c17-13-7-14(19-3-18-13)21(4-20-7)15-11(27)16(28,6(2-23)30-15)12-10(26)9(25)8(24)5(1-22)29-12/h3-6,8-12,15,22-28H,1-2H2,(H2,17,18,19)/t5-,6-,8-,9+,10-,11+,12+,15-,16-/m1/s1. The Morgan fingerprint density at radius 3 is 2.40 bits per heavy atom. The van der Waals surface area contributed by atoms with Gasteiger partial charge in [0, 0.05) is 0 Å². The second-order valence-electron chi connectivity index (χ2n) is 7.36. The Kier molecular flexibility index (Phi) is 5.38. The summed E-state index contributed by atoms with van der Waals surface area (Å²) in [6.45, 7) is -1.52. The van der Waals surface area contributed by atoms with Crippen molar-refractivity contribution in [2.75, 3.05) is 18.9 Å². The minimum Gasteiger partial charge on any atom is -0.394 e. The van der Waals surface area contributed by atoms with Crippen molar-refractivity contribution in [1.29, 1.82) is 0 Å². The zero-order valence-corrected chi connectivity index (χ0v) is 15.5. The van der Waals surface area contributed by atoms with Gasteiger partial charge >= 0.3 is 0 Å². The third-order valence-electron chi connectivity index (χ3n) is 5.74. The number of hydrogen-bond acceptors (Lipinski definition) is 13. The molecule has 4 rings (SSSR count). The van der Waals surface area contributed by atoms with Crippen LogP contribution in [-0.4, -0.2) is 117 Å². The predicted octanol–water partition coefficient (Wildman–Crippen LogP) is -4.77. The molecule has 0 aromatic carbocycles. The van der Waals surface area contributed by atoms with E-state index in [0.29, 0.717) is 0 Å². The molecule has 9 N–H and O–H groups in total. The van der Waals surface area contributed by atoms with Gasteiger partial charge in [0.05, 0.1) is 19.5 Å². The molecule has 2 aromatic heterocycles. The van der Waals surface area contributed by atoms with E-state index in [9.17, 15) is 35.7 Å². The maximum atomic E-state index is 11.3. The monoisotopic (exact) mass is 429 g/mol. The maximum Gasteiger partial charge on any atom is 0.167 e.